The van der Waals surface area contributed by atoms with E-state index in [4.69, 9.17) is 10.4 Å². The average molecular weight is 476 g/mol. The predicted molar refractivity (Wildman–Crippen MR) is 143 cm³/mol. The number of para-hydroxylation sites is 1. The molecule has 6 nitrogen and oxygen atoms in total. The summed E-state index contributed by atoms with van der Waals surface area (Å²) in [5.74, 6) is 1.43. The van der Waals surface area contributed by atoms with Crippen LogP contribution in [0.4, 0.5) is 5.82 Å². The standard InChI is InChI=1S/C30H29N5O/c31-29-33-30(24-10-3-1-4-11-24,25-12-5-2-6-13-25)28(36)35(29)21-22-17-19-34(20-18-22)27-16-15-23-9-7-8-14-26(23)32-27/h1-16,22H,17-21H2,(H2,31,33). The summed E-state index contributed by atoms with van der Waals surface area (Å²) in [6.45, 7) is 2.33. The number of carbonyl (C=O) groups excluding carboxylic acids is 1. The summed E-state index contributed by atoms with van der Waals surface area (Å²) in [5, 5.41) is 13.2. The van der Waals surface area contributed by atoms with Crippen molar-refractivity contribution in [3.63, 3.8) is 0 Å². The molecule has 6 rings (SSSR count). The molecule has 0 bridgehead atoms. The number of benzene rings is 3. The second kappa shape index (κ2) is 9.11. The molecule has 0 unspecified atom stereocenters. The Balaban J connectivity index is 1.19. The first-order valence-electron chi connectivity index (χ1n) is 12.6. The minimum atomic E-state index is -1.07. The number of nitrogens with one attached hydrogen (secondary N) is 2. The van der Waals surface area contributed by atoms with Crippen molar-refractivity contribution in [3.8, 4) is 0 Å². The number of carbonyl (C=O) groups is 1. The third kappa shape index (κ3) is 3.79. The van der Waals surface area contributed by atoms with Crippen LogP contribution in [0.15, 0.2) is 97.1 Å². The third-order valence-corrected chi connectivity index (χ3v) is 7.52. The second-order valence-corrected chi connectivity index (χ2v) is 9.66. The van der Waals surface area contributed by atoms with Crippen LogP contribution in [0.5, 0.6) is 0 Å². The molecule has 6 heteroatoms. The number of amides is 1. The quantitative estimate of drug-likeness (QED) is 0.437. The molecule has 2 fully saturated rings. The highest BCUT2D eigenvalue weighted by molar-refractivity contribution is 6.10. The lowest BCUT2D eigenvalue weighted by molar-refractivity contribution is -0.130. The number of piperidine rings is 1. The molecular formula is C30H29N5O. The zero-order valence-electron chi connectivity index (χ0n) is 20.1. The topological polar surface area (TPSA) is 72.3 Å². The largest absolute Gasteiger partial charge is 0.357 e. The summed E-state index contributed by atoms with van der Waals surface area (Å²) in [6.07, 6.45) is 1.91. The van der Waals surface area contributed by atoms with E-state index in [9.17, 15) is 4.79 Å². The van der Waals surface area contributed by atoms with Crippen LogP contribution in [0.2, 0.25) is 0 Å². The van der Waals surface area contributed by atoms with Gasteiger partial charge in [0.05, 0.1) is 5.52 Å². The molecule has 4 aromatic rings. The maximum atomic E-state index is 14.0. The Morgan fingerprint density at radius 2 is 1.44 bits per heavy atom. The van der Waals surface area contributed by atoms with Gasteiger partial charge in [0.1, 0.15) is 5.82 Å². The fourth-order valence-electron chi connectivity index (χ4n) is 5.55. The maximum absolute atomic E-state index is 14.0. The highest BCUT2D eigenvalue weighted by Gasteiger charge is 2.52. The molecular weight excluding hydrogens is 446 g/mol. The molecule has 0 aliphatic carbocycles. The van der Waals surface area contributed by atoms with Crippen molar-refractivity contribution in [2.24, 2.45) is 5.92 Å². The van der Waals surface area contributed by atoms with E-state index in [1.54, 1.807) is 4.90 Å². The van der Waals surface area contributed by atoms with Gasteiger partial charge >= 0.3 is 0 Å². The molecule has 0 saturated carbocycles. The van der Waals surface area contributed by atoms with Gasteiger partial charge in [0.15, 0.2) is 11.5 Å². The van der Waals surface area contributed by atoms with Gasteiger partial charge in [0, 0.05) is 25.0 Å². The number of rotatable bonds is 5. The van der Waals surface area contributed by atoms with E-state index >= 15 is 0 Å². The Kier molecular flexibility index (Phi) is 5.64. The minimum Gasteiger partial charge on any atom is -0.357 e. The number of fused-ring (bicyclic) bond motifs is 1. The van der Waals surface area contributed by atoms with Crippen LogP contribution >= 0.6 is 0 Å². The third-order valence-electron chi connectivity index (χ3n) is 7.52. The van der Waals surface area contributed by atoms with Crippen LogP contribution < -0.4 is 10.2 Å². The van der Waals surface area contributed by atoms with Crippen molar-refractivity contribution in [1.82, 2.24) is 15.2 Å². The fourth-order valence-corrected chi connectivity index (χ4v) is 5.55. The number of hydrogen-bond donors (Lipinski definition) is 2. The molecule has 36 heavy (non-hydrogen) atoms. The van der Waals surface area contributed by atoms with E-state index in [0.29, 0.717) is 12.5 Å². The smallest absolute Gasteiger partial charge is 0.264 e. The normalized spacial score (nSPS) is 18.0. The van der Waals surface area contributed by atoms with Crippen LogP contribution in [0, 0.1) is 11.3 Å². The lowest BCUT2D eigenvalue weighted by atomic mass is 9.82. The second-order valence-electron chi connectivity index (χ2n) is 9.66. The number of aromatic nitrogens is 1. The summed E-state index contributed by atoms with van der Waals surface area (Å²) < 4.78 is 0. The Labute approximate surface area is 211 Å². The monoisotopic (exact) mass is 475 g/mol. The highest BCUT2D eigenvalue weighted by Crippen LogP contribution is 2.36. The number of anilines is 1. The van der Waals surface area contributed by atoms with Crippen molar-refractivity contribution in [1.29, 1.82) is 5.41 Å². The molecule has 2 aliphatic heterocycles. The molecule has 2 aliphatic rings. The van der Waals surface area contributed by atoms with Crippen molar-refractivity contribution < 1.29 is 4.79 Å². The molecule has 0 atom stereocenters. The Hall–Kier alpha value is -4.19. The van der Waals surface area contributed by atoms with Gasteiger partial charge in [0.2, 0.25) is 0 Å². The van der Waals surface area contributed by atoms with Gasteiger partial charge in [-0.15, -0.1) is 0 Å². The van der Waals surface area contributed by atoms with Gasteiger partial charge in [-0.05, 0) is 48.1 Å². The zero-order valence-corrected chi connectivity index (χ0v) is 20.1. The van der Waals surface area contributed by atoms with Crippen LogP contribution in [0.3, 0.4) is 0 Å². The lowest BCUT2D eigenvalue weighted by Crippen LogP contribution is -2.46. The van der Waals surface area contributed by atoms with E-state index in [-0.39, 0.29) is 11.9 Å². The van der Waals surface area contributed by atoms with Crippen molar-refractivity contribution in [3.05, 3.63) is 108 Å². The molecule has 0 radical (unpaired) electrons. The number of pyridine rings is 1. The summed E-state index contributed by atoms with van der Waals surface area (Å²) in [7, 11) is 0. The van der Waals surface area contributed by atoms with Gasteiger partial charge in [-0.2, -0.15) is 0 Å². The molecule has 2 N–H and O–H groups in total. The summed E-state index contributed by atoms with van der Waals surface area (Å²) >= 11 is 0. The van der Waals surface area contributed by atoms with E-state index in [0.717, 1.165) is 53.8 Å². The van der Waals surface area contributed by atoms with Crippen molar-refractivity contribution in [2.45, 2.75) is 18.4 Å². The molecule has 1 aromatic heterocycles. The molecule has 3 aromatic carbocycles. The van der Waals surface area contributed by atoms with Crippen molar-refractivity contribution in [2.75, 3.05) is 24.5 Å². The van der Waals surface area contributed by atoms with Gasteiger partial charge in [-0.25, -0.2) is 4.98 Å². The minimum absolute atomic E-state index is 0.0801. The molecule has 3 heterocycles. The van der Waals surface area contributed by atoms with Gasteiger partial charge in [-0.1, -0.05) is 78.9 Å². The molecule has 1 amide bonds. The zero-order chi connectivity index (χ0) is 24.5. The number of guanidine groups is 1. The number of hydrogen-bond acceptors (Lipinski definition) is 4. The average Bonchev–Trinajstić information content (AvgIpc) is 3.20. The SMILES string of the molecule is N=C1NC(c2ccccc2)(c2ccccc2)C(=O)N1CC1CCN(c2ccc3ccccc3n2)CC1. The first kappa shape index (κ1) is 22.3. The predicted octanol–water partition coefficient (Wildman–Crippen LogP) is 4.76. The van der Waals surface area contributed by atoms with E-state index in [2.05, 4.69) is 34.5 Å². The van der Waals surface area contributed by atoms with Gasteiger partial charge in [0.25, 0.3) is 5.91 Å². The molecule has 0 spiro atoms. The molecule has 2 saturated heterocycles. The maximum Gasteiger partial charge on any atom is 0.264 e. The Morgan fingerprint density at radius 3 is 2.11 bits per heavy atom. The van der Waals surface area contributed by atoms with Crippen molar-refractivity contribution >= 4 is 28.6 Å². The summed E-state index contributed by atoms with van der Waals surface area (Å²) in [5.41, 5.74) is 1.64. The van der Waals surface area contributed by atoms with Gasteiger partial charge in [-0.3, -0.25) is 15.1 Å². The van der Waals surface area contributed by atoms with Crippen LogP contribution in [-0.4, -0.2) is 41.4 Å². The number of nitrogens with zero attached hydrogens (tertiary/aromatic N) is 3. The van der Waals surface area contributed by atoms with Crippen LogP contribution in [0.1, 0.15) is 24.0 Å². The Bertz CT molecular complexity index is 1360. The Morgan fingerprint density at radius 1 is 0.833 bits per heavy atom. The highest BCUT2D eigenvalue weighted by atomic mass is 16.2. The fraction of sp³-hybridized carbons (Fsp3) is 0.233. The van der Waals surface area contributed by atoms with Gasteiger partial charge < -0.3 is 10.2 Å². The van der Waals surface area contributed by atoms with Crippen LogP contribution in [-0.2, 0) is 10.3 Å². The summed E-state index contributed by atoms with van der Waals surface area (Å²) in [6, 6.07) is 31.9. The lowest BCUT2D eigenvalue weighted by Gasteiger charge is -2.34. The van der Waals surface area contributed by atoms with E-state index in [1.165, 1.54) is 0 Å². The first-order chi connectivity index (χ1) is 17.6. The van der Waals surface area contributed by atoms with E-state index in [1.807, 2.05) is 72.8 Å². The molecule has 180 valence electrons. The van der Waals surface area contributed by atoms with Crippen LogP contribution in [0.25, 0.3) is 10.9 Å². The summed E-state index contributed by atoms with van der Waals surface area (Å²) in [4.78, 5) is 22.9. The van der Waals surface area contributed by atoms with E-state index < -0.39 is 5.54 Å². The first-order valence-corrected chi connectivity index (χ1v) is 12.6.